The summed E-state index contributed by atoms with van der Waals surface area (Å²) in [5.74, 6) is 5.90. The summed E-state index contributed by atoms with van der Waals surface area (Å²) in [4.78, 5) is 10.7. The van der Waals surface area contributed by atoms with Crippen molar-refractivity contribution < 1.29 is 4.79 Å². The number of benzene rings is 1. The Balaban J connectivity index is 2.16. The molecule has 0 heterocycles. The number of nitrogens with zero attached hydrogens (tertiary/aromatic N) is 1. The standard InChI is InChI=1S/C14H18N4O/c15-13(9-18(16)12-7-4-8-12)14(17-10-19)11-5-2-1-3-6-11/h1-7,9-10,12,14H,8,15-16H2,(H,17,19)/b13-9-. The molecule has 2 unspecified atom stereocenters. The van der Waals surface area contributed by atoms with Crippen LogP contribution in [0.25, 0.3) is 0 Å². The van der Waals surface area contributed by atoms with Crippen LogP contribution in [0.4, 0.5) is 0 Å². The van der Waals surface area contributed by atoms with E-state index in [2.05, 4.69) is 5.32 Å². The Kier molecular flexibility index (Phi) is 4.20. The zero-order valence-corrected chi connectivity index (χ0v) is 10.6. The van der Waals surface area contributed by atoms with E-state index in [4.69, 9.17) is 11.6 Å². The summed E-state index contributed by atoms with van der Waals surface area (Å²) in [6.45, 7) is 0. The van der Waals surface area contributed by atoms with Gasteiger partial charge in [0.1, 0.15) is 0 Å². The number of nitrogens with one attached hydrogen (secondary N) is 1. The predicted octanol–water partition coefficient (Wildman–Crippen LogP) is 0.778. The van der Waals surface area contributed by atoms with Crippen molar-refractivity contribution in [3.8, 4) is 0 Å². The van der Waals surface area contributed by atoms with E-state index in [1.807, 2.05) is 42.5 Å². The van der Waals surface area contributed by atoms with Crippen LogP contribution >= 0.6 is 0 Å². The van der Waals surface area contributed by atoms with Gasteiger partial charge in [-0.1, -0.05) is 42.5 Å². The van der Waals surface area contributed by atoms with Gasteiger partial charge in [0.05, 0.1) is 17.8 Å². The second-order valence-electron chi connectivity index (χ2n) is 4.44. The third kappa shape index (κ3) is 3.14. The van der Waals surface area contributed by atoms with Crippen LogP contribution in [0.1, 0.15) is 18.0 Å². The second-order valence-corrected chi connectivity index (χ2v) is 4.44. The smallest absolute Gasteiger partial charge is 0.207 e. The lowest BCUT2D eigenvalue weighted by molar-refractivity contribution is -0.110. The molecule has 1 aliphatic rings. The van der Waals surface area contributed by atoms with Gasteiger partial charge in [-0.3, -0.25) is 4.79 Å². The van der Waals surface area contributed by atoms with Gasteiger partial charge in [-0.15, -0.1) is 0 Å². The molecule has 0 saturated heterocycles. The lowest BCUT2D eigenvalue weighted by Gasteiger charge is -2.29. The average molecular weight is 258 g/mol. The molecular formula is C14H18N4O. The SMILES string of the molecule is N/C(=C\N(N)C1C=CC1)C(NC=O)c1ccccc1. The van der Waals surface area contributed by atoms with E-state index >= 15 is 0 Å². The van der Waals surface area contributed by atoms with Crippen molar-refractivity contribution in [2.75, 3.05) is 0 Å². The minimum absolute atomic E-state index is 0.186. The van der Waals surface area contributed by atoms with E-state index in [0.29, 0.717) is 12.1 Å². The van der Waals surface area contributed by atoms with Gasteiger partial charge in [-0.05, 0) is 12.0 Å². The van der Waals surface area contributed by atoms with E-state index in [1.165, 1.54) is 0 Å². The molecule has 5 N–H and O–H groups in total. The number of carbonyl (C=O) groups is 1. The molecule has 1 aromatic rings. The maximum atomic E-state index is 10.7. The normalized spacial score (nSPS) is 19.4. The Morgan fingerprint density at radius 2 is 2.11 bits per heavy atom. The van der Waals surface area contributed by atoms with Crippen LogP contribution in [-0.2, 0) is 4.79 Å². The Morgan fingerprint density at radius 1 is 1.42 bits per heavy atom. The quantitative estimate of drug-likeness (QED) is 0.305. The van der Waals surface area contributed by atoms with E-state index in [0.717, 1.165) is 12.0 Å². The zero-order chi connectivity index (χ0) is 13.7. The van der Waals surface area contributed by atoms with Crippen LogP contribution in [0.3, 0.4) is 0 Å². The molecule has 2 atom stereocenters. The van der Waals surface area contributed by atoms with Crippen molar-refractivity contribution in [2.45, 2.75) is 18.5 Å². The van der Waals surface area contributed by atoms with Crippen LogP contribution in [0, 0.1) is 0 Å². The van der Waals surface area contributed by atoms with Crippen LogP contribution in [0.15, 0.2) is 54.4 Å². The van der Waals surface area contributed by atoms with Crippen LogP contribution < -0.4 is 16.9 Å². The maximum Gasteiger partial charge on any atom is 0.207 e. The monoisotopic (exact) mass is 258 g/mol. The fourth-order valence-electron chi connectivity index (χ4n) is 1.92. The van der Waals surface area contributed by atoms with Gasteiger partial charge in [0.2, 0.25) is 6.41 Å². The topological polar surface area (TPSA) is 84.4 Å². The number of rotatable bonds is 6. The minimum atomic E-state index is -0.367. The van der Waals surface area contributed by atoms with Crippen LogP contribution in [0.5, 0.6) is 0 Å². The van der Waals surface area contributed by atoms with E-state index in [9.17, 15) is 4.79 Å². The number of nitrogens with two attached hydrogens (primary N) is 2. The van der Waals surface area contributed by atoms with Crippen LogP contribution in [-0.4, -0.2) is 17.5 Å². The summed E-state index contributed by atoms with van der Waals surface area (Å²) in [5, 5.41) is 4.27. The summed E-state index contributed by atoms with van der Waals surface area (Å²) in [6, 6.07) is 9.35. The van der Waals surface area contributed by atoms with Gasteiger partial charge in [0.25, 0.3) is 0 Å². The summed E-state index contributed by atoms with van der Waals surface area (Å²) in [7, 11) is 0. The molecule has 0 radical (unpaired) electrons. The van der Waals surface area contributed by atoms with Gasteiger partial charge in [0, 0.05) is 6.20 Å². The highest BCUT2D eigenvalue weighted by molar-refractivity contribution is 5.49. The molecule has 0 saturated carbocycles. The minimum Gasteiger partial charge on any atom is -0.399 e. The summed E-state index contributed by atoms with van der Waals surface area (Å²) >= 11 is 0. The Morgan fingerprint density at radius 3 is 2.63 bits per heavy atom. The Labute approximate surface area is 112 Å². The first-order valence-corrected chi connectivity index (χ1v) is 6.14. The third-order valence-corrected chi connectivity index (χ3v) is 3.12. The lowest BCUT2D eigenvalue weighted by atomic mass is 10.0. The Hall–Kier alpha value is -2.27. The van der Waals surface area contributed by atoms with E-state index < -0.39 is 0 Å². The van der Waals surface area contributed by atoms with E-state index in [-0.39, 0.29) is 12.1 Å². The molecule has 0 bridgehead atoms. The van der Waals surface area contributed by atoms with Crippen LogP contribution in [0.2, 0.25) is 0 Å². The van der Waals surface area contributed by atoms with Gasteiger partial charge in [0.15, 0.2) is 0 Å². The number of hydrogen-bond donors (Lipinski definition) is 3. The first kappa shape index (κ1) is 13.2. The highest BCUT2D eigenvalue weighted by atomic mass is 16.1. The third-order valence-electron chi connectivity index (χ3n) is 3.12. The molecule has 19 heavy (non-hydrogen) atoms. The van der Waals surface area contributed by atoms with Gasteiger partial charge < -0.3 is 16.1 Å². The number of amides is 1. The van der Waals surface area contributed by atoms with Crippen molar-refractivity contribution >= 4 is 6.41 Å². The summed E-state index contributed by atoms with van der Waals surface area (Å²) in [5.41, 5.74) is 7.47. The molecule has 0 aromatic heterocycles. The molecule has 5 heteroatoms. The lowest BCUT2D eigenvalue weighted by Crippen LogP contribution is -2.39. The molecule has 1 aliphatic carbocycles. The Bertz CT molecular complexity index is 483. The largest absolute Gasteiger partial charge is 0.399 e. The van der Waals surface area contributed by atoms with Crippen molar-refractivity contribution in [3.63, 3.8) is 0 Å². The molecule has 1 aromatic carbocycles. The van der Waals surface area contributed by atoms with E-state index in [1.54, 1.807) is 11.2 Å². The molecule has 0 aliphatic heterocycles. The molecule has 5 nitrogen and oxygen atoms in total. The average Bonchev–Trinajstić information content (AvgIpc) is 2.34. The first-order valence-electron chi connectivity index (χ1n) is 6.14. The summed E-state index contributed by atoms with van der Waals surface area (Å²) < 4.78 is 0. The van der Waals surface area contributed by atoms with Crippen molar-refractivity contribution in [3.05, 3.63) is 59.9 Å². The van der Waals surface area contributed by atoms with Gasteiger partial charge in [-0.25, -0.2) is 5.84 Å². The number of hydrazine groups is 1. The maximum absolute atomic E-state index is 10.7. The second kappa shape index (κ2) is 6.06. The van der Waals surface area contributed by atoms with Crippen molar-refractivity contribution in [2.24, 2.45) is 11.6 Å². The van der Waals surface area contributed by atoms with Crippen molar-refractivity contribution in [1.29, 1.82) is 0 Å². The van der Waals surface area contributed by atoms with Gasteiger partial charge >= 0.3 is 0 Å². The number of carbonyl (C=O) groups excluding carboxylic acids is 1. The molecule has 0 fully saturated rings. The molecule has 1 amide bonds. The fourth-order valence-corrected chi connectivity index (χ4v) is 1.92. The summed E-state index contributed by atoms with van der Waals surface area (Å²) in [6.07, 6.45) is 7.28. The van der Waals surface area contributed by atoms with Gasteiger partial charge in [-0.2, -0.15) is 0 Å². The molecular weight excluding hydrogens is 240 g/mol. The van der Waals surface area contributed by atoms with Crippen molar-refractivity contribution in [1.82, 2.24) is 10.3 Å². The molecule has 0 spiro atoms. The number of hydrogen-bond acceptors (Lipinski definition) is 4. The highest BCUT2D eigenvalue weighted by Crippen LogP contribution is 2.19. The molecule has 2 rings (SSSR count). The molecule has 100 valence electrons. The zero-order valence-electron chi connectivity index (χ0n) is 10.6. The predicted molar refractivity (Wildman–Crippen MR) is 74.2 cm³/mol. The highest BCUT2D eigenvalue weighted by Gasteiger charge is 2.17. The fraction of sp³-hybridized carbons (Fsp3) is 0.214. The first-order chi connectivity index (χ1) is 9.22.